The average Bonchev–Trinajstić information content (AvgIpc) is 2.96. The third kappa shape index (κ3) is 2.32. The van der Waals surface area contributed by atoms with Gasteiger partial charge in [0.15, 0.2) is 10.5 Å². The highest BCUT2D eigenvalue weighted by Crippen LogP contribution is 2.35. The van der Waals surface area contributed by atoms with Gasteiger partial charge < -0.3 is 14.7 Å². The first-order valence-electron chi connectivity index (χ1n) is 5.55. The summed E-state index contributed by atoms with van der Waals surface area (Å²) in [5.41, 5.74) is 6.61. The summed E-state index contributed by atoms with van der Waals surface area (Å²) in [5, 5.41) is 3.99. The van der Waals surface area contributed by atoms with Crippen LogP contribution < -0.4 is 5.73 Å². The van der Waals surface area contributed by atoms with Crippen LogP contribution >= 0.6 is 28.3 Å². The number of rotatable bonds is 2. The minimum Gasteiger partial charge on any atom is -0.457 e. The quantitative estimate of drug-likeness (QED) is 0.912. The smallest absolute Gasteiger partial charge is 0.261 e. The van der Waals surface area contributed by atoms with Gasteiger partial charge in [-0.2, -0.15) is 4.98 Å². The number of halogens is 2. The maximum absolute atomic E-state index is 6.26. The molecule has 1 saturated carbocycles. The van der Waals surface area contributed by atoms with Crippen LogP contribution in [-0.4, -0.2) is 10.1 Å². The zero-order valence-corrected chi connectivity index (χ0v) is 12.0. The maximum atomic E-state index is 6.26. The number of nitrogens with two attached hydrogens (primary N) is 1. The number of furan rings is 1. The Bertz CT molecular complexity index is 534. The lowest BCUT2D eigenvalue weighted by molar-refractivity contribution is 0.372. The molecule has 0 unspecified atom stereocenters. The fourth-order valence-electron chi connectivity index (χ4n) is 2.19. The van der Waals surface area contributed by atoms with E-state index in [1.807, 2.05) is 0 Å². The van der Waals surface area contributed by atoms with E-state index in [1.165, 1.54) is 0 Å². The molecular formula is C11H13BrClN3O2. The maximum Gasteiger partial charge on any atom is 0.261 e. The van der Waals surface area contributed by atoms with E-state index >= 15 is 0 Å². The molecule has 7 heteroatoms. The van der Waals surface area contributed by atoms with Crippen LogP contribution in [0.15, 0.2) is 25.9 Å². The molecule has 3 rings (SSSR count). The largest absolute Gasteiger partial charge is 0.457 e. The Labute approximate surface area is 119 Å². The van der Waals surface area contributed by atoms with Crippen molar-refractivity contribution < 1.29 is 8.94 Å². The number of aromatic nitrogens is 2. The molecule has 0 saturated heterocycles. The molecule has 0 bridgehead atoms. The number of nitrogens with zero attached hydrogens (tertiary/aromatic N) is 2. The Morgan fingerprint density at radius 2 is 2.06 bits per heavy atom. The van der Waals surface area contributed by atoms with Crippen LogP contribution in [0.25, 0.3) is 11.5 Å². The topological polar surface area (TPSA) is 78.1 Å². The van der Waals surface area contributed by atoms with E-state index in [2.05, 4.69) is 26.1 Å². The van der Waals surface area contributed by atoms with Gasteiger partial charge in [0.1, 0.15) is 6.26 Å². The summed E-state index contributed by atoms with van der Waals surface area (Å²) in [4.78, 5) is 4.36. The van der Waals surface area contributed by atoms with Crippen molar-refractivity contribution in [3.05, 3.63) is 22.8 Å². The predicted molar refractivity (Wildman–Crippen MR) is 71.3 cm³/mol. The van der Waals surface area contributed by atoms with Gasteiger partial charge in [-0.1, -0.05) is 18.0 Å². The van der Waals surface area contributed by atoms with E-state index in [9.17, 15) is 0 Å². The highest BCUT2D eigenvalue weighted by Gasteiger charge is 2.36. The van der Waals surface area contributed by atoms with Crippen LogP contribution in [0.5, 0.6) is 0 Å². The molecule has 98 valence electrons. The highest BCUT2D eigenvalue weighted by molar-refractivity contribution is 9.10. The van der Waals surface area contributed by atoms with Crippen LogP contribution in [0.4, 0.5) is 0 Å². The van der Waals surface area contributed by atoms with Crippen LogP contribution in [0.2, 0.25) is 0 Å². The summed E-state index contributed by atoms with van der Waals surface area (Å²) < 4.78 is 11.0. The summed E-state index contributed by atoms with van der Waals surface area (Å²) in [6.45, 7) is 0. The van der Waals surface area contributed by atoms with Crippen LogP contribution in [-0.2, 0) is 5.54 Å². The van der Waals surface area contributed by atoms with Crippen molar-refractivity contribution in [2.24, 2.45) is 5.73 Å². The van der Waals surface area contributed by atoms with Crippen molar-refractivity contribution in [2.75, 3.05) is 0 Å². The van der Waals surface area contributed by atoms with E-state index in [-0.39, 0.29) is 12.4 Å². The summed E-state index contributed by atoms with van der Waals surface area (Å²) in [5.74, 6) is 1.05. The zero-order valence-electron chi connectivity index (χ0n) is 9.56. The zero-order chi connectivity index (χ0) is 11.9. The van der Waals surface area contributed by atoms with Crippen molar-refractivity contribution >= 4 is 28.3 Å². The summed E-state index contributed by atoms with van der Waals surface area (Å²) in [6, 6.07) is 1.79. The van der Waals surface area contributed by atoms with Gasteiger partial charge in [-0.05, 0) is 28.8 Å². The molecule has 18 heavy (non-hydrogen) atoms. The molecule has 0 aliphatic heterocycles. The number of hydrogen-bond donors (Lipinski definition) is 1. The molecule has 1 aliphatic rings. The Morgan fingerprint density at radius 1 is 1.33 bits per heavy atom. The normalized spacial score (nSPS) is 17.7. The molecule has 2 aromatic rings. The van der Waals surface area contributed by atoms with Gasteiger partial charge >= 0.3 is 0 Å². The monoisotopic (exact) mass is 333 g/mol. The third-order valence-electron chi connectivity index (χ3n) is 3.18. The van der Waals surface area contributed by atoms with Crippen LogP contribution in [0.1, 0.15) is 31.5 Å². The lowest BCUT2D eigenvalue weighted by Crippen LogP contribution is -2.34. The molecule has 2 aromatic heterocycles. The van der Waals surface area contributed by atoms with Crippen LogP contribution in [0, 0.1) is 0 Å². The average molecular weight is 335 g/mol. The lowest BCUT2D eigenvalue weighted by atomic mass is 9.99. The van der Waals surface area contributed by atoms with Crippen molar-refractivity contribution in [1.29, 1.82) is 0 Å². The molecule has 1 aliphatic carbocycles. The molecule has 0 aromatic carbocycles. The molecule has 0 atom stereocenters. The van der Waals surface area contributed by atoms with E-state index in [1.54, 1.807) is 12.3 Å². The fraction of sp³-hybridized carbons (Fsp3) is 0.455. The summed E-state index contributed by atoms with van der Waals surface area (Å²) in [6.07, 6.45) is 5.65. The van der Waals surface area contributed by atoms with Crippen molar-refractivity contribution in [3.8, 4) is 11.5 Å². The van der Waals surface area contributed by atoms with Gasteiger partial charge in [-0.3, -0.25) is 0 Å². The van der Waals surface area contributed by atoms with Crippen molar-refractivity contribution in [2.45, 2.75) is 31.2 Å². The molecule has 0 radical (unpaired) electrons. The second-order valence-electron chi connectivity index (χ2n) is 4.43. The predicted octanol–water partition coefficient (Wildman–Crippen LogP) is 3.24. The summed E-state index contributed by atoms with van der Waals surface area (Å²) >= 11 is 3.23. The summed E-state index contributed by atoms with van der Waals surface area (Å²) in [7, 11) is 0. The highest BCUT2D eigenvalue weighted by atomic mass is 79.9. The minimum atomic E-state index is -0.414. The standard InChI is InChI=1S/C11H12BrN3O2.ClH/c12-8-5-7(6-16-8)9-14-10(15-17-9)11(13)3-1-2-4-11;/h5-6H,1-4,13H2;1H. The fourth-order valence-corrected chi connectivity index (χ4v) is 2.53. The van der Waals surface area contributed by atoms with E-state index < -0.39 is 5.54 Å². The molecule has 2 N–H and O–H groups in total. The minimum absolute atomic E-state index is 0. The first-order valence-corrected chi connectivity index (χ1v) is 6.34. The molecule has 5 nitrogen and oxygen atoms in total. The van der Waals surface area contributed by atoms with Gasteiger partial charge in [-0.15, -0.1) is 12.4 Å². The molecule has 0 amide bonds. The van der Waals surface area contributed by atoms with Gasteiger partial charge in [0, 0.05) is 6.07 Å². The molecular weight excluding hydrogens is 321 g/mol. The van der Waals surface area contributed by atoms with E-state index in [0.717, 1.165) is 31.2 Å². The third-order valence-corrected chi connectivity index (χ3v) is 3.60. The van der Waals surface area contributed by atoms with Crippen molar-refractivity contribution in [1.82, 2.24) is 10.1 Å². The van der Waals surface area contributed by atoms with Gasteiger partial charge in [0.2, 0.25) is 0 Å². The van der Waals surface area contributed by atoms with Gasteiger partial charge in [-0.25, -0.2) is 0 Å². The second-order valence-corrected chi connectivity index (χ2v) is 5.21. The van der Waals surface area contributed by atoms with Crippen molar-refractivity contribution in [3.63, 3.8) is 0 Å². The van der Waals surface area contributed by atoms with Gasteiger partial charge in [0.25, 0.3) is 5.89 Å². The lowest BCUT2D eigenvalue weighted by Gasteiger charge is -2.17. The Kier molecular flexibility index (Phi) is 3.79. The van der Waals surface area contributed by atoms with Gasteiger partial charge in [0.05, 0.1) is 11.1 Å². The molecule has 2 heterocycles. The van der Waals surface area contributed by atoms with E-state index in [4.69, 9.17) is 14.7 Å². The second kappa shape index (κ2) is 5.03. The Morgan fingerprint density at radius 3 is 2.67 bits per heavy atom. The number of hydrogen-bond acceptors (Lipinski definition) is 5. The Balaban J connectivity index is 0.00000120. The molecule has 0 spiro atoms. The van der Waals surface area contributed by atoms with E-state index in [0.29, 0.717) is 16.4 Å². The SMILES string of the molecule is Cl.NC1(c2noc(-c3coc(Br)c3)n2)CCCC1. The first kappa shape index (κ1) is 13.6. The molecule has 1 fully saturated rings. The first-order chi connectivity index (χ1) is 8.17. The van der Waals surface area contributed by atoms with Crippen LogP contribution in [0.3, 0.4) is 0 Å². The Hall–Kier alpha value is -0.850.